The Bertz CT molecular complexity index is 731. The van der Waals surface area contributed by atoms with Gasteiger partial charge in [0.25, 0.3) is 5.91 Å². The van der Waals surface area contributed by atoms with Crippen LogP contribution in [0.4, 0.5) is 0 Å². The van der Waals surface area contributed by atoms with Gasteiger partial charge in [0.15, 0.2) is 0 Å². The van der Waals surface area contributed by atoms with Crippen molar-refractivity contribution in [2.75, 3.05) is 0 Å². The number of nitrogens with one attached hydrogen (secondary N) is 1. The summed E-state index contributed by atoms with van der Waals surface area (Å²) >= 11 is 3.29. The summed E-state index contributed by atoms with van der Waals surface area (Å²) < 4.78 is 0.890. The number of hydrogen-bond donors (Lipinski definition) is 2. The summed E-state index contributed by atoms with van der Waals surface area (Å²) in [6, 6.07) is 11.6. The number of benzene rings is 2. The second-order valence-electron chi connectivity index (χ2n) is 4.12. The molecule has 0 bridgehead atoms. The number of nitrogens with zero attached hydrogens (tertiary/aromatic N) is 1. The normalized spacial score (nSPS) is 10.3. The van der Waals surface area contributed by atoms with E-state index in [4.69, 9.17) is 6.42 Å². The molecule has 0 atom stereocenters. The van der Waals surface area contributed by atoms with Crippen LogP contribution in [0.25, 0.3) is 0 Å². The number of phenols is 1. The molecule has 21 heavy (non-hydrogen) atoms. The van der Waals surface area contributed by atoms with E-state index >= 15 is 0 Å². The van der Waals surface area contributed by atoms with Crippen LogP contribution < -0.4 is 5.43 Å². The third kappa shape index (κ3) is 3.94. The predicted molar refractivity (Wildman–Crippen MR) is 85.2 cm³/mol. The van der Waals surface area contributed by atoms with Crippen molar-refractivity contribution in [2.45, 2.75) is 0 Å². The summed E-state index contributed by atoms with van der Waals surface area (Å²) in [5.41, 5.74) is 3.91. The van der Waals surface area contributed by atoms with E-state index in [1.807, 2.05) is 0 Å². The van der Waals surface area contributed by atoms with Gasteiger partial charge in [0.05, 0.1) is 6.21 Å². The molecule has 0 heterocycles. The van der Waals surface area contributed by atoms with Gasteiger partial charge in [-0.3, -0.25) is 4.79 Å². The number of hydrogen-bond acceptors (Lipinski definition) is 3. The molecule has 2 aromatic rings. The minimum atomic E-state index is -0.335. The molecule has 1 amide bonds. The van der Waals surface area contributed by atoms with Crippen LogP contribution in [0, 0.1) is 12.3 Å². The highest BCUT2D eigenvalue weighted by atomic mass is 79.9. The van der Waals surface area contributed by atoms with Crippen LogP contribution in [-0.2, 0) is 0 Å². The van der Waals surface area contributed by atoms with E-state index in [9.17, 15) is 9.90 Å². The van der Waals surface area contributed by atoms with Gasteiger partial charge in [0, 0.05) is 21.2 Å². The van der Waals surface area contributed by atoms with E-state index in [1.165, 1.54) is 12.3 Å². The number of halogens is 1. The third-order valence-electron chi connectivity index (χ3n) is 2.67. The maximum absolute atomic E-state index is 11.8. The van der Waals surface area contributed by atoms with Crippen LogP contribution in [0.15, 0.2) is 52.0 Å². The molecule has 104 valence electrons. The van der Waals surface area contributed by atoms with Gasteiger partial charge >= 0.3 is 0 Å². The molecule has 0 aromatic heterocycles. The van der Waals surface area contributed by atoms with E-state index in [1.54, 1.807) is 36.4 Å². The van der Waals surface area contributed by atoms with Gasteiger partial charge in [-0.15, -0.1) is 6.42 Å². The summed E-state index contributed by atoms with van der Waals surface area (Å²) in [4.78, 5) is 11.8. The average Bonchev–Trinajstić information content (AvgIpc) is 2.49. The van der Waals surface area contributed by atoms with E-state index in [2.05, 4.69) is 32.4 Å². The zero-order valence-corrected chi connectivity index (χ0v) is 12.5. The summed E-state index contributed by atoms with van der Waals surface area (Å²) in [5, 5.41) is 13.5. The monoisotopic (exact) mass is 342 g/mol. The zero-order valence-electron chi connectivity index (χ0n) is 10.9. The van der Waals surface area contributed by atoms with Gasteiger partial charge in [0.1, 0.15) is 5.75 Å². The van der Waals surface area contributed by atoms with Gasteiger partial charge in [-0.25, -0.2) is 5.43 Å². The van der Waals surface area contributed by atoms with Crippen molar-refractivity contribution in [1.29, 1.82) is 0 Å². The smallest absolute Gasteiger partial charge is 0.271 e. The van der Waals surface area contributed by atoms with Crippen LogP contribution in [0.3, 0.4) is 0 Å². The van der Waals surface area contributed by atoms with Crippen molar-refractivity contribution < 1.29 is 9.90 Å². The van der Waals surface area contributed by atoms with Crippen LogP contribution in [-0.4, -0.2) is 17.2 Å². The first-order chi connectivity index (χ1) is 10.1. The second kappa shape index (κ2) is 6.73. The Morgan fingerprint density at radius 3 is 2.62 bits per heavy atom. The van der Waals surface area contributed by atoms with Gasteiger partial charge in [-0.1, -0.05) is 21.9 Å². The highest BCUT2D eigenvalue weighted by Crippen LogP contribution is 2.16. The first-order valence-electron chi connectivity index (χ1n) is 5.99. The summed E-state index contributed by atoms with van der Waals surface area (Å²) in [7, 11) is 0. The Morgan fingerprint density at radius 1 is 1.29 bits per heavy atom. The Balaban J connectivity index is 2.04. The molecule has 0 fully saturated rings. The van der Waals surface area contributed by atoms with Crippen LogP contribution in [0.1, 0.15) is 21.5 Å². The van der Waals surface area contributed by atoms with E-state index in [0.29, 0.717) is 16.7 Å². The minimum Gasteiger partial charge on any atom is -0.507 e. The lowest BCUT2D eigenvalue weighted by atomic mass is 10.1. The molecule has 5 heteroatoms. The highest BCUT2D eigenvalue weighted by molar-refractivity contribution is 9.10. The summed E-state index contributed by atoms with van der Waals surface area (Å²) in [5.74, 6) is 2.09. The highest BCUT2D eigenvalue weighted by Gasteiger charge is 2.03. The van der Waals surface area contributed by atoms with Crippen molar-refractivity contribution in [1.82, 2.24) is 5.43 Å². The topological polar surface area (TPSA) is 61.7 Å². The van der Waals surface area contributed by atoms with Gasteiger partial charge in [0.2, 0.25) is 0 Å². The number of carbonyl (C=O) groups excluding carboxylic acids is 1. The molecule has 0 saturated carbocycles. The Hall–Kier alpha value is -2.58. The number of phenolic OH excluding ortho intramolecular Hbond substituents is 1. The Labute approximate surface area is 130 Å². The lowest BCUT2D eigenvalue weighted by molar-refractivity contribution is 0.0955. The minimum absolute atomic E-state index is 0.00657. The molecule has 0 radical (unpaired) electrons. The van der Waals surface area contributed by atoms with Crippen LogP contribution in [0.2, 0.25) is 0 Å². The molecule has 2 aromatic carbocycles. The van der Waals surface area contributed by atoms with Crippen molar-refractivity contribution in [3.05, 3.63) is 63.6 Å². The standard InChI is InChI=1S/C16H11BrN2O2/c1-2-11-3-4-13(15(20)9-11)10-18-19-16(21)12-5-7-14(17)8-6-12/h1,3-10,20H,(H,19,21). The van der Waals surface area contributed by atoms with Gasteiger partial charge in [-0.05, 0) is 42.5 Å². The van der Waals surface area contributed by atoms with Crippen molar-refractivity contribution >= 4 is 28.1 Å². The number of amides is 1. The fraction of sp³-hybridized carbons (Fsp3) is 0. The first kappa shape index (κ1) is 14.8. The third-order valence-corrected chi connectivity index (χ3v) is 3.20. The molecule has 2 N–H and O–H groups in total. The lowest BCUT2D eigenvalue weighted by Crippen LogP contribution is -2.17. The Morgan fingerprint density at radius 2 is 2.00 bits per heavy atom. The zero-order chi connectivity index (χ0) is 15.2. The predicted octanol–water partition coefficient (Wildman–Crippen LogP) is 2.90. The molecule has 0 saturated heterocycles. The van der Waals surface area contributed by atoms with E-state index < -0.39 is 0 Å². The molecule has 0 aliphatic carbocycles. The quantitative estimate of drug-likeness (QED) is 0.511. The van der Waals surface area contributed by atoms with Crippen molar-refractivity contribution in [3.8, 4) is 18.1 Å². The number of terminal acetylenes is 1. The van der Waals surface area contributed by atoms with Gasteiger partial charge < -0.3 is 5.11 Å². The first-order valence-corrected chi connectivity index (χ1v) is 6.78. The number of carbonyl (C=O) groups is 1. The number of hydrazone groups is 1. The lowest BCUT2D eigenvalue weighted by Gasteiger charge is -2.01. The van der Waals surface area contributed by atoms with Gasteiger partial charge in [-0.2, -0.15) is 5.10 Å². The van der Waals surface area contributed by atoms with Crippen LogP contribution >= 0.6 is 15.9 Å². The molecular weight excluding hydrogens is 332 g/mol. The Kier molecular flexibility index (Phi) is 4.75. The molecule has 0 aliphatic heterocycles. The maximum Gasteiger partial charge on any atom is 0.271 e. The fourth-order valence-corrected chi connectivity index (χ4v) is 1.83. The SMILES string of the molecule is C#Cc1ccc(C=NNC(=O)c2ccc(Br)cc2)c(O)c1. The van der Waals surface area contributed by atoms with Crippen LogP contribution in [0.5, 0.6) is 5.75 Å². The average molecular weight is 343 g/mol. The fourth-order valence-electron chi connectivity index (χ4n) is 1.57. The van der Waals surface area contributed by atoms with E-state index in [0.717, 1.165) is 4.47 Å². The largest absolute Gasteiger partial charge is 0.507 e. The van der Waals surface area contributed by atoms with E-state index in [-0.39, 0.29) is 11.7 Å². The molecule has 4 nitrogen and oxygen atoms in total. The molecular formula is C16H11BrN2O2. The second-order valence-corrected chi connectivity index (χ2v) is 5.04. The summed E-state index contributed by atoms with van der Waals surface area (Å²) in [6.45, 7) is 0. The molecule has 2 rings (SSSR count). The number of rotatable bonds is 3. The maximum atomic E-state index is 11.8. The molecule has 0 aliphatic rings. The molecule has 0 unspecified atom stereocenters. The summed E-state index contributed by atoms with van der Waals surface area (Å²) in [6.07, 6.45) is 6.58. The van der Waals surface area contributed by atoms with Crippen molar-refractivity contribution in [3.63, 3.8) is 0 Å². The number of aromatic hydroxyl groups is 1. The molecule has 0 spiro atoms. The van der Waals surface area contributed by atoms with Crippen molar-refractivity contribution in [2.24, 2.45) is 5.10 Å².